The lowest BCUT2D eigenvalue weighted by atomic mass is 9.93. The Balaban J connectivity index is 2.02. The summed E-state index contributed by atoms with van der Waals surface area (Å²) in [5, 5.41) is 11.6. The summed E-state index contributed by atoms with van der Waals surface area (Å²) in [6.07, 6.45) is 0. The number of methoxy groups -OCH3 is 4. The maximum absolute atomic E-state index is 13.5. The van der Waals surface area contributed by atoms with E-state index in [-0.39, 0.29) is 21.3 Å². The van der Waals surface area contributed by atoms with Gasteiger partial charge in [-0.3, -0.25) is 14.5 Å². The number of esters is 1. The topological polar surface area (TPSA) is 124 Å². The second-order valence-electron chi connectivity index (χ2n) is 8.36. The highest BCUT2D eigenvalue weighted by Crippen LogP contribution is 2.47. The predicted molar refractivity (Wildman–Crippen MR) is 140 cm³/mol. The standard InChI is InChI=1S/C27H26N2O8S/c1-13-11-15(34-3)7-9-17(13)22(30)20-21(18-12-16(35-4)8-10-19(18)36-5)29(25(32)23(20)31)27-28-14(2)24(38-27)26(33)37-6/h7-12,21,30H,1-6H3/b22-20-. The molecule has 0 radical (unpaired) electrons. The quantitative estimate of drug-likeness (QED) is 0.204. The lowest BCUT2D eigenvalue weighted by Gasteiger charge is -2.25. The van der Waals surface area contributed by atoms with E-state index in [1.807, 2.05) is 0 Å². The normalized spacial score (nSPS) is 16.5. The maximum Gasteiger partial charge on any atom is 0.350 e. The number of thiazole rings is 1. The van der Waals surface area contributed by atoms with E-state index >= 15 is 0 Å². The van der Waals surface area contributed by atoms with Gasteiger partial charge in [0.05, 0.1) is 39.7 Å². The number of benzene rings is 2. The summed E-state index contributed by atoms with van der Waals surface area (Å²) in [5.74, 6) is -1.47. The number of rotatable bonds is 7. The van der Waals surface area contributed by atoms with Gasteiger partial charge in [-0.1, -0.05) is 11.3 Å². The van der Waals surface area contributed by atoms with Gasteiger partial charge >= 0.3 is 11.9 Å². The third-order valence-corrected chi connectivity index (χ3v) is 7.36. The van der Waals surface area contributed by atoms with Gasteiger partial charge in [0.1, 0.15) is 33.9 Å². The molecule has 0 saturated carbocycles. The third-order valence-electron chi connectivity index (χ3n) is 6.23. The van der Waals surface area contributed by atoms with Crippen LogP contribution in [0.5, 0.6) is 17.2 Å². The smallest absolute Gasteiger partial charge is 0.350 e. The first-order valence-electron chi connectivity index (χ1n) is 11.4. The lowest BCUT2D eigenvalue weighted by Crippen LogP contribution is -2.29. The van der Waals surface area contributed by atoms with Crippen molar-refractivity contribution in [2.45, 2.75) is 19.9 Å². The minimum atomic E-state index is -1.14. The van der Waals surface area contributed by atoms with E-state index in [4.69, 9.17) is 18.9 Å². The summed E-state index contributed by atoms with van der Waals surface area (Å²) in [7, 11) is 5.70. The van der Waals surface area contributed by atoms with Gasteiger partial charge in [-0.15, -0.1) is 0 Å². The molecular weight excluding hydrogens is 512 g/mol. The highest BCUT2D eigenvalue weighted by atomic mass is 32.1. The second kappa shape index (κ2) is 10.5. The number of ketones is 1. The van der Waals surface area contributed by atoms with Crippen LogP contribution in [0.25, 0.3) is 5.76 Å². The van der Waals surface area contributed by atoms with E-state index in [9.17, 15) is 19.5 Å². The van der Waals surface area contributed by atoms with Gasteiger partial charge in [0.15, 0.2) is 5.13 Å². The zero-order valence-corrected chi connectivity index (χ0v) is 22.5. The highest BCUT2D eigenvalue weighted by Gasteiger charge is 2.49. The highest BCUT2D eigenvalue weighted by molar-refractivity contribution is 7.17. The molecule has 1 amide bonds. The summed E-state index contributed by atoms with van der Waals surface area (Å²) in [6, 6.07) is 8.76. The minimum absolute atomic E-state index is 0.0883. The van der Waals surface area contributed by atoms with E-state index in [0.717, 1.165) is 16.2 Å². The van der Waals surface area contributed by atoms with Crippen LogP contribution in [0, 0.1) is 13.8 Å². The van der Waals surface area contributed by atoms with E-state index in [1.54, 1.807) is 50.2 Å². The SMILES string of the molecule is COC(=O)c1sc(N2C(=O)C(=O)/C(=C(\O)c3ccc(OC)cc3C)C2c2cc(OC)ccc2OC)nc1C. The van der Waals surface area contributed by atoms with Crippen molar-refractivity contribution in [2.24, 2.45) is 0 Å². The molecule has 1 aliphatic heterocycles. The summed E-state index contributed by atoms with van der Waals surface area (Å²) in [6.45, 7) is 3.35. The van der Waals surface area contributed by atoms with Gasteiger partial charge in [-0.2, -0.15) is 0 Å². The molecule has 1 N–H and O–H groups in total. The molecule has 10 nitrogen and oxygen atoms in total. The van der Waals surface area contributed by atoms with Crippen LogP contribution in [0.15, 0.2) is 42.0 Å². The van der Waals surface area contributed by atoms with Crippen molar-refractivity contribution in [3.8, 4) is 17.2 Å². The Morgan fingerprint density at radius 1 is 0.974 bits per heavy atom. The Kier molecular flexibility index (Phi) is 7.40. The van der Waals surface area contributed by atoms with Crippen LogP contribution in [0.1, 0.15) is 38.1 Å². The molecule has 1 unspecified atom stereocenters. The average molecular weight is 539 g/mol. The number of nitrogens with zero attached hydrogens (tertiary/aromatic N) is 2. The zero-order valence-electron chi connectivity index (χ0n) is 21.6. The van der Waals surface area contributed by atoms with E-state index < -0.39 is 23.7 Å². The van der Waals surface area contributed by atoms with Crippen LogP contribution in [-0.2, 0) is 14.3 Å². The Bertz CT molecular complexity index is 1480. The summed E-state index contributed by atoms with van der Waals surface area (Å²) >= 11 is 0.909. The van der Waals surface area contributed by atoms with Gasteiger partial charge in [0.25, 0.3) is 5.78 Å². The molecule has 1 saturated heterocycles. The molecule has 0 spiro atoms. The number of ether oxygens (including phenoxy) is 4. The molecule has 1 fully saturated rings. The predicted octanol–water partition coefficient (Wildman–Crippen LogP) is 4.20. The molecule has 2 aromatic carbocycles. The number of anilines is 1. The van der Waals surface area contributed by atoms with Crippen LogP contribution in [0.3, 0.4) is 0 Å². The Labute approximate surface area is 223 Å². The number of aliphatic hydroxyl groups is 1. The second-order valence-corrected chi connectivity index (χ2v) is 9.34. The van der Waals surface area contributed by atoms with Crippen LogP contribution < -0.4 is 19.1 Å². The molecule has 1 aliphatic rings. The van der Waals surface area contributed by atoms with Crippen molar-refractivity contribution < 1.29 is 38.4 Å². The van der Waals surface area contributed by atoms with Crippen LogP contribution >= 0.6 is 11.3 Å². The van der Waals surface area contributed by atoms with Crippen molar-refractivity contribution >= 4 is 39.9 Å². The summed E-state index contributed by atoms with van der Waals surface area (Å²) < 4.78 is 21.0. The number of carbonyl (C=O) groups excluding carboxylic acids is 3. The van der Waals surface area contributed by atoms with Crippen LogP contribution in [-0.4, -0.2) is 56.2 Å². The molecule has 1 atom stereocenters. The molecule has 0 aliphatic carbocycles. The first-order valence-corrected chi connectivity index (χ1v) is 12.2. The number of hydrogen-bond donors (Lipinski definition) is 1. The largest absolute Gasteiger partial charge is 0.507 e. The van der Waals surface area contributed by atoms with Crippen LogP contribution in [0.4, 0.5) is 5.13 Å². The summed E-state index contributed by atoms with van der Waals surface area (Å²) in [4.78, 5) is 45.1. The van der Waals surface area contributed by atoms with Crippen molar-refractivity contribution in [2.75, 3.05) is 33.3 Å². The monoisotopic (exact) mass is 538 g/mol. The van der Waals surface area contributed by atoms with Gasteiger partial charge in [0.2, 0.25) is 0 Å². The van der Waals surface area contributed by atoms with Crippen molar-refractivity contribution in [1.82, 2.24) is 4.98 Å². The fourth-order valence-electron chi connectivity index (χ4n) is 4.32. The zero-order chi connectivity index (χ0) is 27.7. The van der Waals surface area contributed by atoms with Crippen molar-refractivity contribution in [1.29, 1.82) is 0 Å². The Hall–Kier alpha value is -4.38. The van der Waals surface area contributed by atoms with Crippen molar-refractivity contribution in [3.63, 3.8) is 0 Å². The number of amides is 1. The fraction of sp³-hybridized carbons (Fsp3) is 0.259. The number of aryl methyl sites for hydroxylation is 2. The minimum Gasteiger partial charge on any atom is -0.507 e. The molecule has 2 heterocycles. The maximum atomic E-state index is 13.5. The molecule has 3 aromatic rings. The van der Waals surface area contributed by atoms with Crippen molar-refractivity contribution in [3.05, 3.63) is 69.2 Å². The van der Waals surface area contributed by atoms with Gasteiger partial charge < -0.3 is 24.1 Å². The molecule has 0 bridgehead atoms. The number of Topliss-reactive ketones (excluding diaryl/α,β-unsaturated/α-hetero) is 1. The molecular formula is C27H26N2O8S. The molecule has 1 aromatic heterocycles. The number of aliphatic hydroxyl groups excluding tert-OH is 1. The third kappa shape index (κ3) is 4.45. The molecule has 198 valence electrons. The summed E-state index contributed by atoms with van der Waals surface area (Å²) in [5.41, 5.74) is 1.53. The Morgan fingerprint density at radius 2 is 1.63 bits per heavy atom. The van der Waals surface area contributed by atoms with E-state index in [0.29, 0.717) is 39.6 Å². The molecule has 11 heteroatoms. The average Bonchev–Trinajstić information content (AvgIpc) is 3.43. The van der Waals surface area contributed by atoms with Gasteiger partial charge in [0, 0.05) is 11.1 Å². The number of carbonyl (C=O) groups is 3. The lowest BCUT2D eigenvalue weighted by molar-refractivity contribution is -0.132. The molecule has 38 heavy (non-hydrogen) atoms. The Morgan fingerprint density at radius 3 is 2.24 bits per heavy atom. The first-order chi connectivity index (χ1) is 18.2. The van der Waals surface area contributed by atoms with E-state index in [2.05, 4.69) is 4.98 Å². The van der Waals surface area contributed by atoms with Crippen LogP contribution in [0.2, 0.25) is 0 Å². The number of aromatic nitrogens is 1. The molecule has 4 rings (SSSR count). The fourth-order valence-corrected chi connectivity index (χ4v) is 5.33. The van der Waals surface area contributed by atoms with Gasteiger partial charge in [-0.05, 0) is 55.8 Å². The van der Waals surface area contributed by atoms with E-state index in [1.165, 1.54) is 28.4 Å². The first kappa shape index (κ1) is 26.7. The van der Waals surface area contributed by atoms with Gasteiger partial charge in [-0.25, -0.2) is 9.78 Å². The number of hydrogen-bond acceptors (Lipinski definition) is 10.